The van der Waals surface area contributed by atoms with Crippen LogP contribution < -0.4 is 10.6 Å². The van der Waals surface area contributed by atoms with Gasteiger partial charge in [-0.25, -0.2) is 4.79 Å². The van der Waals surface area contributed by atoms with Crippen molar-refractivity contribution in [3.05, 3.63) is 11.6 Å². The SMILES string of the molecule is CCC=C(C)C1(CCC)C(=O)NC(=O)NC1=O.[Na]. The molecular formula is C12H18N2NaO3. The van der Waals surface area contributed by atoms with Crippen LogP contribution in [0.25, 0.3) is 0 Å². The van der Waals surface area contributed by atoms with Crippen LogP contribution in [0.15, 0.2) is 11.6 Å². The first-order valence-electron chi connectivity index (χ1n) is 5.83. The Bertz CT molecular complexity index is 371. The normalized spacial score (nSPS) is 18.8. The molecule has 0 spiro atoms. The smallest absolute Gasteiger partial charge is 0.277 e. The number of carbonyl (C=O) groups is 3. The van der Waals surface area contributed by atoms with Gasteiger partial charge in [-0.15, -0.1) is 0 Å². The molecule has 0 aromatic heterocycles. The number of nitrogens with one attached hydrogen (secondary N) is 2. The third-order valence-electron chi connectivity index (χ3n) is 3.04. The molecule has 0 aliphatic carbocycles. The van der Waals surface area contributed by atoms with Crippen LogP contribution in [0, 0.1) is 5.41 Å². The molecule has 1 fully saturated rings. The number of rotatable bonds is 4. The molecule has 1 aliphatic rings. The van der Waals surface area contributed by atoms with Crippen LogP contribution in [-0.2, 0) is 9.59 Å². The first-order valence-corrected chi connectivity index (χ1v) is 5.83. The molecule has 18 heavy (non-hydrogen) atoms. The summed E-state index contributed by atoms with van der Waals surface area (Å²) in [5.74, 6) is -1.04. The predicted octanol–water partition coefficient (Wildman–Crippen LogP) is 1.11. The fraction of sp³-hybridized carbons (Fsp3) is 0.583. The zero-order valence-electron chi connectivity index (χ0n) is 11.4. The Balaban J connectivity index is 0.00000289. The van der Waals surface area contributed by atoms with Gasteiger partial charge in [0.15, 0.2) is 0 Å². The Labute approximate surface area is 129 Å². The number of hydrogen-bond acceptors (Lipinski definition) is 3. The molecule has 5 nitrogen and oxygen atoms in total. The van der Waals surface area contributed by atoms with Gasteiger partial charge in [-0.3, -0.25) is 20.2 Å². The minimum atomic E-state index is -1.22. The maximum absolute atomic E-state index is 12.0. The zero-order chi connectivity index (χ0) is 13.1. The van der Waals surface area contributed by atoms with E-state index < -0.39 is 23.3 Å². The van der Waals surface area contributed by atoms with E-state index in [1.54, 1.807) is 6.92 Å². The van der Waals surface area contributed by atoms with Crippen LogP contribution in [0.5, 0.6) is 0 Å². The second-order valence-electron chi connectivity index (χ2n) is 4.19. The molecule has 0 unspecified atom stereocenters. The van der Waals surface area contributed by atoms with E-state index in [-0.39, 0.29) is 29.6 Å². The van der Waals surface area contributed by atoms with Crippen LogP contribution in [0.1, 0.15) is 40.0 Å². The Morgan fingerprint density at radius 3 is 2.06 bits per heavy atom. The summed E-state index contributed by atoms with van der Waals surface area (Å²) in [4.78, 5) is 35.1. The summed E-state index contributed by atoms with van der Waals surface area (Å²) < 4.78 is 0. The number of barbiturate groups is 1. The van der Waals surface area contributed by atoms with Gasteiger partial charge in [-0.05, 0) is 19.8 Å². The van der Waals surface area contributed by atoms with Crippen LogP contribution in [0.2, 0.25) is 0 Å². The fourth-order valence-corrected chi connectivity index (χ4v) is 2.19. The first kappa shape index (κ1) is 17.4. The molecule has 1 radical (unpaired) electrons. The van der Waals surface area contributed by atoms with Gasteiger partial charge in [0.05, 0.1) is 0 Å². The third kappa shape index (κ3) is 3.02. The van der Waals surface area contributed by atoms with E-state index in [0.29, 0.717) is 18.4 Å². The Kier molecular flexibility index (Phi) is 6.81. The number of imide groups is 2. The average molecular weight is 261 g/mol. The quantitative estimate of drug-likeness (QED) is 0.452. The van der Waals surface area contributed by atoms with Gasteiger partial charge in [-0.2, -0.15) is 0 Å². The van der Waals surface area contributed by atoms with Crippen molar-refractivity contribution in [3.8, 4) is 0 Å². The molecule has 0 atom stereocenters. The maximum Gasteiger partial charge on any atom is 0.328 e. The van der Waals surface area contributed by atoms with Gasteiger partial charge in [-0.1, -0.05) is 31.9 Å². The van der Waals surface area contributed by atoms with Crippen LogP contribution in [0.4, 0.5) is 4.79 Å². The van der Waals surface area contributed by atoms with Gasteiger partial charge in [0.25, 0.3) is 0 Å². The van der Waals surface area contributed by atoms with Gasteiger partial charge in [0.2, 0.25) is 11.8 Å². The van der Waals surface area contributed by atoms with E-state index >= 15 is 0 Å². The third-order valence-corrected chi connectivity index (χ3v) is 3.04. The minimum absolute atomic E-state index is 0. The van der Waals surface area contributed by atoms with Crippen molar-refractivity contribution in [2.24, 2.45) is 5.41 Å². The molecule has 1 aliphatic heterocycles. The summed E-state index contributed by atoms with van der Waals surface area (Å²) in [6, 6.07) is -0.740. The van der Waals surface area contributed by atoms with Crippen LogP contribution in [0.3, 0.4) is 0 Å². The van der Waals surface area contributed by atoms with Crippen molar-refractivity contribution in [1.82, 2.24) is 10.6 Å². The van der Waals surface area contributed by atoms with Crippen LogP contribution >= 0.6 is 0 Å². The summed E-state index contributed by atoms with van der Waals surface area (Å²) in [7, 11) is 0. The number of urea groups is 1. The van der Waals surface area contributed by atoms with Crippen molar-refractivity contribution >= 4 is 47.4 Å². The molecule has 95 valence electrons. The molecule has 0 aromatic carbocycles. The average Bonchev–Trinajstić information content (AvgIpc) is 2.23. The summed E-state index contributed by atoms with van der Waals surface area (Å²) in [6.45, 7) is 5.60. The molecule has 0 bridgehead atoms. The summed E-state index contributed by atoms with van der Waals surface area (Å²) >= 11 is 0. The Morgan fingerprint density at radius 2 is 1.67 bits per heavy atom. The van der Waals surface area contributed by atoms with Crippen LogP contribution in [-0.4, -0.2) is 47.4 Å². The molecular weight excluding hydrogens is 243 g/mol. The summed E-state index contributed by atoms with van der Waals surface area (Å²) in [5, 5.41) is 4.35. The number of amides is 4. The maximum atomic E-state index is 12.0. The Hall–Kier alpha value is -0.650. The number of allylic oxidation sites excluding steroid dienone is 1. The second kappa shape index (κ2) is 7.07. The Morgan fingerprint density at radius 1 is 1.17 bits per heavy atom. The van der Waals surface area contributed by atoms with Gasteiger partial charge < -0.3 is 0 Å². The van der Waals surface area contributed by atoms with Gasteiger partial charge in [0.1, 0.15) is 5.41 Å². The summed E-state index contributed by atoms with van der Waals surface area (Å²) in [5.41, 5.74) is -0.525. The largest absolute Gasteiger partial charge is 0.328 e. The molecule has 1 saturated heterocycles. The summed E-state index contributed by atoms with van der Waals surface area (Å²) in [6.07, 6.45) is 3.68. The number of carbonyl (C=O) groups excluding carboxylic acids is 3. The van der Waals surface area contributed by atoms with Crippen molar-refractivity contribution < 1.29 is 14.4 Å². The van der Waals surface area contributed by atoms with E-state index in [2.05, 4.69) is 10.6 Å². The molecule has 4 amide bonds. The van der Waals surface area contributed by atoms with E-state index in [0.717, 1.165) is 6.42 Å². The van der Waals surface area contributed by atoms with E-state index in [4.69, 9.17) is 0 Å². The van der Waals surface area contributed by atoms with Gasteiger partial charge in [0, 0.05) is 29.6 Å². The topological polar surface area (TPSA) is 75.3 Å². The van der Waals surface area contributed by atoms with Gasteiger partial charge >= 0.3 is 6.03 Å². The molecule has 1 heterocycles. The van der Waals surface area contributed by atoms with E-state index in [1.807, 2.05) is 19.9 Å². The molecule has 0 aromatic rings. The monoisotopic (exact) mass is 261 g/mol. The molecule has 6 heteroatoms. The van der Waals surface area contributed by atoms with Crippen molar-refractivity contribution in [1.29, 1.82) is 0 Å². The van der Waals surface area contributed by atoms with Crippen molar-refractivity contribution in [2.45, 2.75) is 40.0 Å². The van der Waals surface area contributed by atoms with Crippen molar-refractivity contribution in [2.75, 3.05) is 0 Å². The minimum Gasteiger partial charge on any atom is -0.277 e. The fourth-order valence-electron chi connectivity index (χ4n) is 2.19. The molecule has 0 saturated carbocycles. The van der Waals surface area contributed by atoms with E-state index in [9.17, 15) is 14.4 Å². The first-order chi connectivity index (χ1) is 7.98. The van der Waals surface area contributed by atoms with E-state index in [1.165, 1.54) is 0 Å². The molecule has 1 rings (SSSR count). The van der Waals surface area contributed by atoms with Crippen molar-refractivity contribution in [3.63, 3.8) is 0 Å². The predicted molar refractivity (Wildman–Crippen MR) is 68.8 cm³/mol. The standard InChI is InChI=1S/C12H18N2O3.Na/c1-4-6-8(3)12(7-5-2)9(15)13-11(17)14-10(12)16;/h6H,4-5,7H2,1-3H3,(H2,13,14,15,16,17);. The zero-order valence-corrected chi connectivity index (χ0v) is 13.4. The number of hydrogen-bond donors (Lipinski definition) is 2. The molecule has 2 N–H and O–H groups in total. The second-order valence-corrected chi connectivity index (χ2v) is 4.19.